The molecule has 1 saturated heterocycles. The van der Waals surface area contributed by atoms with Crippen LogP contribution in [0.4, 0.5) is 0 Å². The Labute approximate surface area is 94.4 Å². The predicted octanol–water partition coefficient (Wildman–Crippen LogP) is 1.81. The van der Waals surface area contributed by atoms with Gasteiger partial charge in [-0.1, -0.05) is 13.0 Å². The van der Waals surface area contributed by atoms with E-state index in [9.17, 15) is 0 Å². The van der Waals surface area contributed by atoms with Gasteiger partial charge in [0.25, 0.3) is 0 Å². The minimum absolute atomic E-state index is 0.150. The zero-order chi connectivity index (χ0) is 10.5. The molecule has 1 aromatic rings. The second-order valence-electron chi connectivity index (χ2n) is 3.53. The average molecular weight is 227 g/mol. The van der Waals surface area contributed by atoms with Gasteiger partial charge in [-0.05, 0) is 18.0 Å². The van der Waals surface area contributed by atoms with Gasteiger partial charge in [0, 0.05) is 4.88 Å². The second-order valence-corrected chi connectivity index (χ2v) is 4.51. The Morgan fingerprint density at radius 3 is 3.13 bits per heavy atom. The fraction of sp³-hybridized carbons (Fsp3) is 0.636. The summed E-state index contributed by atoms with van der Waals surface area (Å²) in [7, 11) is 0. The van der Waals surface area contributed by atoms with Gasteiger partial charge in [0.2, 0.25) is 0 Å². The maximum Gasteiger partial charge on any atom is 0.101 e. The largest absolute Gasteiger partial charge is 0.376 e. The van der Waals surface area contributed by atoms with Gasteiger partial charge in [-0.25, -0.2) is 0 Å². The standard InChI is InChI=1S/C11H17NO2S/c1-2-12-11(10-4-3-7-15-10)9-8-13-5-6-14-9/h3-4,7,9,11-12H,2,5-6,8H2,1H3. The van der Waals surface area contributed by atoms with E-state index >= 15 is 0 Å². The van der Waals surface area contributed by atoms with Crippen LogP contribution in [0.3, 0.4) is 0 Å². The van der Waals surface area contributed by atoms with Crippen LogP contribution in [-0.2, 0) is 9.47 Å². The van der Waals surface area contributed by atoms with Crippen molar-refractivity contribution >= 4 is 11.3 Å². The molecule has 3 nitrogen and oxygen atoms in total. The van der Waals surface area contributed by atoms with Gasteiger partial charge in [0.05, 0.1) is 25.9 Å². The summed E-state index contributed by atoms with van der Waals surface area (Å²) in [6.07, 6.45) is 0.150. The van der Waals surface area contributed by atoms with Crippen LogP contribution >= 0.6 is 11.3 Å². The van der Waals surface area contributed by atoms with E-state index in [1.54, 1.807) is 11.3 Å². The molecule has 1 aromatic heterocycles. The van der Waals surface area contributed by atoms with Crippen molar-refractivity contribution < 1.29 is 9.47 Å². The molecule has 0 aromatic carbocycles. The molecular weight excluding hydrogens is 210 g/mol. The first kappa shape index (κ1) is 11.1. The molecule has 0 amide bonds. The Bertz CT molecular complexity index is 270. The van der Waals surface area contributed by atoms with Crippen molar-refractivity contribution in [1.29, 1.82) is 0 Å². The van der Waals surface area contributed by atoms with Crippen molar-refractivity contribution in [3.63, 3.8) is 0 Å². The van der Waals surface area contributed by atoms with E-state index < -0.39 is 0 Å². The molecule has 0 aliphatic carbocycles. The summed E-state index contributed by atoms with van der Waals surface area (Å²) in [5.41, 5.74) is 0. The minimum Gasteiger partial charge on any atom is -0.376 e. The van der Waals surface area contributed by atoms with E-state index in [2.05, 4.69) is 29.8 Å². The molecule has 2 heterocycles. The number of hydrogen-bond acceptors (Lipinski definition) is 4. The Hall–Kier alpha value is -0.420. The summed E-state index contributed by atoms with van der Waals surface area (Å²) in [6, 6.07) is 4.50. The molecule has 0 bridgehead atoms. The van der Waals surface area contributed by atoms with Crippen molar-refractivity contribution in [3.8, 4) is 0 Å². The molecule has 15 heavy (non-hydrogen) atoms. The zero-order valence-electron chi connectivity index (χ0n) is 8.94. The van der Waals surface area contributed by atoms with Gasteiger partial charge in [-0.2, -0.15) is 0 Å². The zero-order valence-corrected chi connectivity index (χ0v) is 9.76. The number of thiophene rings is 1. The van der Waals surface area contributed by atoms with E-state index in [0.717, 1.165) is 13.2 Å². The van der Waals surface area contributed by atoms with Crippen LogP contribution in [0.2, 0.25) is 0 Å². The van der Waals surface area contributed by atoms with Crippen molar-refractivity contribution in [1.82, 2.24) is 5.32 Å². The maximum absolute atomic E-state index is 5.74. The topological polar surface area (TPSA) is 30.5 Å². The van der Waals surface area contributed by atoms with E-state index in [1.807, 2.05) is 0 Å². The van der Waals surface area contributed by atoms with Crippen molar-refractivity contribution in [2.24, 2.45) is 0 Å². The van der Waals surface area contributed by atoms with Crippen molar-refractivity contribution in [2.45, 2.75) is 19.1 Å². The predicted molar refractivity (Wildman–Crippen MR) is 61.3 cm³/mol. The minimum atomic E-state index is 0.150. The molecule has 2 atom stereocenters. The third-order valence-corrected chi connectivity index (χ3v) is 3.44. The summed E-state index contributed by atoms with van der Waals surface area (Å²) in [5, 5.41) is 5.56. The Kier molecular flexibility index (Phi) is 4.14. The van der Waals surface area contributed by atoms with Gasteiger partial charge < -0.3 is 14.8 Å². The molecule has 0 radical (unpaired) electrons. The van der Waals surface area contributed by atoms with Crippen LogP contribution in [0.15, 0.2) is 17.5 Å². The van der Waals surface area contributed by atoms with Crippen LogP contribution in [0.1, 0.15) is 17.8 Å². The molecule has 84 valence electrons. The summed E-state index contributed by atoms with van der Waals surface area (Å²) >= 11 is 1.77. The highest BCUT2D eigenvalue weighted by Gasteiger charge is 2.26. The smallest absolute Gasteiger partial charge is 0.101 e. The average Bonchev–Trinajstić information content (AvgIpc) is 2.80. The van der Waals surface area contributed by atoms with E-state index in [0.29, 0.717) is 13.2 Å². The van der Waals surface area contributed by atoms with Crippen LogP contribution in [0, 0.1) is 0 Å². The van der Waals surface area contributed by atoms with Crippen LogP contribution in [0.5, 0.6) is 0 Å². The Morgan fingerprint density at radius 1 is 1.60 bits per heavy atom. The lowest BCUT2D eigenvalue weighted by Crippen LogP contribution is -2.40. The SMILES string of the molecule is CCNC(c1cccs1)C1COCCO1. The monoisotopic (exact) mass is 227 g/mol. The van der Waals surface area contributed by atoms with Gasteiger partial charge in [0.1, 0.15) is 6.10 Å². The number of ether oxygens (including phenoxy) is 2. The second kappa shape index (κ2) is 5.61. The Morgan fingerprint density at radius 2 is 2.53 bits per heavy atom. The number of likely N-dealkylation sites (N-methyl/N-ethyl adjacent to an activating group) is 1. The highest BCUT2D eigenvalue weighted by Crippen LogP contribution is 2.25. The molecular formula is C11H17NO2S. The first-order valence-corrected chi connectivity index (χ1v) is 6.26. The number of nitrogens with one attached hydrogen (secondary N) is 1. The number of rotatable bonds is 4. The summed E-state index contributed by atoms with van der Waals surface area (Å²) in [6.45, 7) is 5.18. The normalized spacial score (nSPS) is 23.9. The summed E-state index contributed by atoms with van der Waals surface area (Å²) < 4.78 is 11.2. The highest BCUT2D eigenvalue weighted by molar-refractivity contribution is 7.10. The van der Waals surface area contributed by atoms with E-state index in [-0.39, 0.29) is 12.1 Å². The van der Waals surface area contributed by atoms with Crippen molar-refractivity contribution in [2.75, 3.05) is 26.4 Å². The summed E-state index contributed by atoms with van der Waals surface area (Å²) in [5.74, 6) is 0. The van der Waals surface area contributed by atoms with Crippen LogP contribution in [-0.4, -0.2) is 32.5 Å². The van der Waals surface area contributed by atoms with Gasteiger partial charge in [-0.3, -0.25) is 0 Å². The van der Waals surface area contributed by atoms with Gasteiger partial charge in [0.15, 0.2) is 0 Å². The van der Waals surface area contributed by atoms with Crippen LogP contribution < -0.4 is 5.32 Å². The molecule has 0 saturated carbocycles. The molecule has 0 spiro atoms. The van der Waals surface area contributed by atoms with Gasteiger partial charge >= 0.3 is 0 Å². The first-order valence-electron chi connectivity index (χ1n) is 5.38. The first-order chi connectivity index (χ1) is 7.42. The van der Waals surface area contributed by atoms with Gasteiger partial charge in [-0.15, -0.1) is 11.3 Å². The fourth-order valence-electron chi connectivity index (χ4n) is 1.80. The lowest BCUT2D eigenvalue weighted by molar-refractivity contribution is -0.102. The molecule has 1 aliphatic heterocycles. The lowest BCUT2D eigenvalue weighted by atomic mass is 10.1. The van der Waals surface area contributed by atoms with E-state index in [4.69, 9.17) is 9.47 Å². The quantitative estimate of drug-likeness (QED) is 0.851. The molecule has 2 unspecified atom stereocenters. The molecule has 2 rings (SSSR count). The molecule has 1 fully saturated rings. The highest BCUT2D eigenvalue weighted by atomic mass is 32.1. The lowest BCUT2D eigenvalue weighted by Gasteiger charge is -2.30. The fourth-order valence-corrected chi connectivity index (χ4v) is 2.65. The Balaban J connectivity index is 2.04. The molecule has 1 N–H and O–H groups in total. The molecule has 4 heteroatoms. The maximum atomic E-state index is 5.74. The van der Waals surface area contributed by atoms with Crippen LogP contribution in [0.25, 0.3) is 0 Å². The molecule has 1 aliphatic rings. The summed E-state index contributed by atoms with van der Waals surface area (Å²) in [4.78, 5) is 1.33. The third-order valence-electron chi connectivity index (χ3n) is 2.49. The van der Waals surface area contributed by atoms with Crippen molar-refractivity contribution in [3.05, 3.63) is 22.4 Å². The van der Waals surface area contributed by atoms with E-state index in [1.165, 1.54) is 4.88 Å². The number of hydrogen-bond donors (Lipinski definition) is 1. The third kappa shape index (κ3) is 2.78.